The van der Waals surface area contributed by atoms with Gasteiger partial charge in [0.25, 0.3) is 5.91 Å². The molecule has 1 aromatic rings. The fourth-order valence-electron chi connectivity index (χ4n) is 2.21. The van der Waals surface area contributed by atoms with Crippen molar-refractivity contribution in [2.45, 2.75) is 32.4 Å². The number of nitrogens with one attached hydrogen (secondary N) is 1. The largest absolute Gasteiger partial charge is 0.474 e. The molecule has 0 saturated heterocycles. The summed E-state index contributed by atoms with van der Waals surface area (Å²) in [5.74, 6) is -0.00540. The highest BCUT2D eigenvalue weighted by molar-refractivity contribution is 5.98. The number of aryl methyl sites for hydroxylation is 1. The van der Waals surface area contributed by atoms with Crippen LogP contribution in [0.4, 0.5) is 10.5 Å². The van der Waals surface area contributed by atoms with Crippen molar-refractivity contribution in [2.75, 3.05) is 11.9 Å². The Morgan fingerprint density at radius 3 is 2.80 bits per heavy atom. The number of nitrogens with zero attached hydrogens (tertiary/aromatic N) is 3. The van der Waals surface area contributed by atoms with Gasteiger partial charge in [-0.1, -0.05) is 0 Å². The van der Waals surface area contributed by atoms with Crippen LogP contribution in [0.1, 0.15) is 20.8 Å². The number of amides is 2. The Balaban J connectivity index is 2.31. The predicted molar refractivity (Wildman–Crippen MR) is 70.7 cm³/mol. The molecule has 8 nitrogen and oxygen atoms in total. The maximum atomic E-state index is 12.2. The van der Waals surface area contributed by atoms with Crippen LogP contribution < -0.4 is 10.1 Å². The highest BCUT2D eigenvalue weighted by Crippen LogP contribution is 2.28. The molecule has 0 bridgehead atoms. The van der Waals surface area contributed by atoms with Gasteiger partial charge in [0.1, 0.15) is 18.3 Å². The van der Waals surface area contributed by atoms with Gasteiger partial charge in [0.2, 0.25) is 5.88 Å². The monoisotopic (exact) mass is 282 g/mol. The van der Waals surface area contributed by atoms with Crippen LogP contribution in [0.25, 0.3) is 0 Å². The molecular weight excluding hydrogens is 264 g/mol. The molecule has 8 heteroatoms. The Morgan fingerprint density at radius 1 is 1.60 bits per heavy atom. The van der Waals surface area contributed by atoms with E-state index in [4.69, 9.17) is 4.74 Å². The summed E-state index contributed by atoms with van der Waals surface area (Å²) in [6.45, 7) is 5.14. The second-order valence-corrected chi connectivity index (χ2v) is 5.63. The molecule has 2 rings (SSSR count). The first-order valence-corrected chi connectivity index (χ1v) is 6.19. The molecule has 1 atom stereocenters. The van der Waals surface area contributed by atoms with Gasteiger partial charge in [-0.25, -0.2) is 9.48 Å². The van der Waals surface area contributed by atoms with Gasteiger partial charge in [-0.3, -0.25) is 9.69 Å². The summed E-state index contributed by atoms with van der Waals surface area (Å²) < 4.78 is 7.03. The van der Waals surface area contributed by atoms with Crippen LogP contribution in [0.15, 0.2) is 6.20 Å². The smallest absolute Gasteiger partial charge is 0.408 e. The third kappa shape index (κ3) is 2.40. The number of fused-ring (bicyclic) bond motifs is 1. The number of ether oxygens (including phenoxy) is 1. The molecule has 110 valence electrons. The Hall–Kier alpha value is -2.25. The van der Waals surface area contributed by atoms with Crippen LogP contribution in [0.3, 0.4) is 0 Å². The minimum absolute atomic E-state index is 0.0536. The van der Waals surface area contributed by atoms with E-state index >= 15 is 0 Å². The van der Waals surface area contributed by atoms with Crippen LogP contribution in [-0.2, 0) is 11.8 Å². The molecule has 1 aliphatic heterocycles. The number of carboxylic acid groups (broad SMARTS) is 1. The number of aromatic nitrogens is 2. The summed E-state index contributed by atoms with van der Waals surface area (Å²) in [5, 5.41) is 16.0. The van der Waals surface area contributed by atoms with Crippen LogP contribution in [0.2, 0.25) is 0 Å². The van der Waals surface area contributed by atoms with Gasteiger partial charge >= 0.3 is 6.09 Å². The first-order valence-electron chi connectivity index (χ1n) is 6.19. The molecule has 2 amide bonds. The Bertz CT molecular complexity index is 546. The van der Waals surface area contributed by atoms with Crippen molar-refractivity contribution in [3.05, 3.63) is 6.20 Å². The molecule has 0 aliphatic carbocycles. The lowest BCUT2D eigenvalue weighted by atomic mass is 10.0. The molecule has 0 fully saturated rings. The van der Waals surface area contributed by atoms with Crippen LogP contribution in [0, 0.1) is 0 Å². The van der Waals surface area contributed by atoms with Gasteiger partial charge in [0.05, 0.1) is 6.20 Å². The van der Waals surface area contributed by atoms with E-state index in [2.05, 4.69) is 10.4 Å². The van der Waals surface area contributed by atoms with E-state index in [1.807, 2.05) is 0 Å². The van der Waals surface area contributed by atoms with E-state index in [1.54, 1.807) is 27.8 Å². The number of carbonyl (C=O) groups is 2. The molecule has 1 aromatic heterocycles. The second kappa shape index (κ2) is 4.69. The third-order valence-electron chi connectivity index (χ3n) is 3.06. The van der Waals surface area contributed by atoms with Crippen molar-refractivity contribution in [3.63, 3.8) is 0 Å². The Morgan fingerprint density at radius 2 is 2.25 bits per heavy atom. The average molecular weight is 282 g/mol. The highest BCUT2D eigenvalue weighted by Gasteiger charge is 2.40. The zero-order valence-electron chi connectivity index (χ0n) is 11.9. The second-order valence-electron chi connectivity index (χ2n) is 5.63. The van der Waals surface area contributed by atoms with Gasteiger partial charge in [0.15, 0.2) is 0 Å². The standard InChI is InChI=1S/C12H18N4O4/c1-12(2,3)16(11(18)19)8-6-20-10-7(14-9(8)17)5-13-15(10)4/h5,8H,6H2,1-4H3,(H,14,17)(H,18,19)/t8-/m0/s1. The van der Waals surface area contributed by atoms with Gasteiger partial charge < -0.3 is 15.2 Å². The quantitative estimate of drug-likeness (QED) is 0.797. The lowest BCUT2D eigenvalue weighted by Gasteiger charge is -2.37. The van der Waals surface area contributed by atoms with Crippen molar-refractivity contribution in [1.29, 1.82) is 0 Å². The normalized spacial score (nSPS) is 18.6. The summed E-state index contributed by atoms with van der Waals surface area (Å²) in [5.41, 5.74) is -0.273. The summed E-state index contributed by atoms with van der Waals surface area (Å²) in [6, 6.07) is -0.917. The summed E-state index contributed by atoms with van der Waals surface area (Å²) in [4.78, 5) is 24.8. The van der Waals surface area contributed by atoms with Crippen molar-refractivity contribution in [2.24, 2.45) is 7.05 Å². The lowest BCUT2D eigenvalue weighted by Crippen LogP contribution is -2.57. The molecule has 0 aromatic carbocycles. The maximum absolute atomic E-state index is 12.2. The minimum Gasteiger partial charge on any atom is -0.474 e. The van der Waals surface area contributed by atoms with Crippen LogP contribution >= 0.6 is 0 Å². The van der Waals surface area contributed by atoms with Gasteiger partial charge in [-0.15, -0.1) is 0 Å². The first-order chi connectivity index (χ1) is 9.21. The predicted octanol–water partition coefficient (Wildman–Crippen LogP) is 0.898. The molecule has 0 unspecified atom stereocenters. The number of hydrogen-bond acceptors (Lipinski definition) is 4. The topological polar surface area (TPSA) is 96.7 Å². The third-order valence-corrected chi connectivity index (χ3v) is 3.06. The summed E-state index contributed by atoms with van der Waals surface area (Å²) in [6.07, 6.45) is 0.308. The molecule has 0 radical (unpaired) electrons. The lowest BCUT2D eigenvalue weighted by molar-refractivity contribution is -0.123. The highest BCUT2D eigenvalue weighted by atomic mass is 16.5. The van der Waals surface area contributed by atoms with E-state index in [-0.39, 0.29) is 6.61 Å². The number of carbonyl (C=O) groups excluding carboxylic acids is 1. The molecule has 20 heavy (non-hydrogen) atoms. The minimum atomic E-state index is -1.16. The SMILES string of the molecule is Cn1ncc2c1OC[C@H](N(C(=O)O)C(C)(C)C)C(=O)N2. The van der Waals surface area contributed by atoms with E-state index in [1.165, 1.54) is 10.9 Å². The van der Waals surface area contributed by atoms with Crippen molar-refractivity contribution < 1.29 is 19.4 Å². The number of rotatable bonds is 1. The zero-order chi connectivity index (χ0) is 15.1. The van der Waals surface area contributed by atoms with E-state index in [0.717, 1.165) is 4.90 Å². The van der Waals surface area contributed by atoms with Crippen LogP contribution in [0.5, 0.6) is 5.88 Å². The van der Waals surface area contributed by atoms with E-state index in [9.17, 15) is 14.7 Å². The molecule has 0 spiro atoms. The van der Waals surface area contributed by atoms with Crippen molar-refractivity contribution in [3.8, 4) is 5.88 Å². The first kappa shape index (κ1) is 14.2. The molecule has 1 aliphatic rings. The fraction of sp³-hybridized carbons (Fsp3) is 0.583. The molecular formula is C12H18N4O4. The Kier molecular flexibility index (Phi) is 3.33. The van der Waals surface area contributed by atoms with Gasteiger partial charge in [0, 0.05) is 12.6 Å². The van der Waals surface area contributed by atoms with E-state index < -0.39 is 23.6 Å². The average Bonchev–Trinajstić information content (AvgIpc) is 2.54. The summed E-state index contributed by atoms with van der Waals surface area (Å²) >= 11 is 0. The van der Waals surface area contributed by atoms with Crippen LogP contribution in [-0.4, -0.2) is 50.0 Å². The van der Waals surface area contributed by atoms with Gasteiger partial charge in [-0.2, -0.15) is 5.10 Å². The molecule has 0 saturated carbocycles. The number of anilines is 1. The van der Waals surface area contributed by atoms with Crippen molar-refractivity contribution in [1.82, 2.24) is 14.7 Å². The number of hydrogen-bond donors (Lipinski definition) is 2. The maximum Gasteiger partial charge on any atom is 0.408 e. The fourth-order valence-corrected chi connectivity index (χ4v) is 2.21. The molecule has 2 N–H and O–H groups in total. The molecule has 2 heterocycles. The van der Waals surface area contributed by atoms with E-state index in [0.29, 0.717) is 11.6 Å². The zero-order valence-corrected chi connectivity index (χ0v) is 11.9. The van der Waals surface area contributed by atoms with Crippen molar-refractivity contribution >= 4 is 17.7 Å². The summed E-state index contributed by atoms with van der Waals surface area (Å²) in [7, 11) is 1.68. The Labute approximate surface area is 116 Å². The van der Waals surface area contributed by atoms with Gasteiger partial charge in [-0.05, 0) is 20.8 Å².